The van der Waals surface area contributed by atoms with Gasteiger partial charge in [-0.1, -0.05) is 378 Å². The van der Waals surface area contributed by atoms with E-state index in [2.05, 4.69) is 31.3 Å². The van der Waals surface area contributed by atoms with Gasteiger partial charge in [-0.3, -0.25) is 4.79 Å². The Kier molecular flexibility index (Phi) is 62.9. The fourth-order valence-corrected chi connectivity index (χ4v) is 15.4. The van der Waals surface area contributed by atoms with Gasteiger partial charge in [0.1, 0.15) is 73.2 Å². The highest BCUT2D eigenvalue weighted by molar-refractivity contribution is 5.76. The minimum atomic E-state index is -1.98. The van der Waals surface area contributed by atoms with Crippen LogP contribution in [0.5, 0.6) is 0 Å². The molecule has 3 aliphatic heterocycles. The first-order valence-electron chi connectivity index (χ1n) is 44.6. The summed E-state index contributed by atoms with van der Waals surface area (Å²) >= 11 is 0. The van der Waals surface area contributed by atoms with E-state index in [4.69, 9.17) is 28.4 Å². The SMILES string of the molecule is CCCCCCCCCCCCCCCCCCCCCCCC/C=C/CC/C=C/C(O)C(COC1OC(CO)C(OC2OC(CO)C(OC3OC(CO)C(O)C(O)C3O)C(O)C2O)C(O)C1O)NC(=O)CCCCCCCCCCCCCCCCCCCCCCCCCCCCCCCCCCC. The number of allylic oxidation sites excluding steroid dienone is 3. The second kappa shape index (κ2) is 67.7. The molecular formula is C87H165NO18. The van der Waals surface area contributed by atoms with E-state index in [0.29, 0.717) is 12.8 Å². The summed E-state index contributed by atoms with van der Waals surface area (Å²) in [5.41, 5.74) is 0. The normalized spacial score (nSPS) is 25.7. The molecule has 3 saturated heterocycles. The minimum Gasteiger partial charge on any atom is -0.394 e. The Bertz CT molecular complexity index is 2000. The number of nitrogens with one attached hydrogen (secondary N) is 1. The standard InChI is InChI=1S/C87H165NO18/c1-3-5-7-9-11-13-15-17-19-21-23-25-27-29-31-33-34-35-36-37-39-41-43-45-47-49-51-53-55-57-59-61-63-65-75(93)88-70(71(92)64-62-60-58-56-54-52-50-48-46-44-42-40-38-32-30-28-26-24-22-20-18-16-14-12-10-8-6-4-2)69-101-85-81(99)78(96)83(73(67-90)103-85)106-87-82(100)79(97)84(74(68-91)104-87)105-86-80(98)77(95)76(94)72(66-89)102-86/h54,56,62,64,70-74,76-87,89-92,94-100H,3-53,55,57-61,63,65-69H2,1-2H3,(H,88,93)/b56-54+,64-62+. The predicted octanol–water partition coefficient (Wildman–Crippen LogP) is 16.5. The molecule has 0 radical (unpaired) electrons. The van der Waals surface area contributed by atoms with Gasteiger partial charge in [0.2, 0.25) is 5.91 Å². The largest absolute Gasteiger partial charge is 0.394 e. The zero-order valence-electron chi connectivity index (χ0n) is 67.4. The van der Waals surface area contributed by atoms with Gasteiger partial charge in [-0.2, -0.15) is 0 Å². The number of carbonyl (C=O) groups excluding carboxylic acids is 1. The summed E-state index contributed by atoms with van der Waals surface area (Å²) in [5.74, 6) is -0.276. The van der Waals surface area contributed by atoms with Crippen LogP contribution < -0.4 is 5.32 Å². The zero-order chi connectivity index (χ0) is 76.7. The van der Waals surface area contributed by atoms with Crippen LogP contribution in [0.4, 0.5) is 0 Å². The maximum Gasteiger partial charge on any atom is 0.220 e. The Morgan fingerprint density at radius 2 is 0.604 bits per heavy atom. The molecular weight excluding hydrogens is 1350 g/mol. The van der Waals surface area contributed by atoms with Crippen LogP contribution in [0, 0.1) is 0 Å². The molecule has 3 aliphatic rings. The quantitative estimate of drug-likeness (QED) is 0.0199. The van der Waals surface area contributed by atoms with E-state index in [1.165, 1.54) is 321 Å². The lowest BCUT2D eigenvalue weighted by Crippen LogP contribution is -2.66. The molecule has 3 rings (SSSR count). The Balaban J connectivity index is 1.34. The molecule has 106 heavy (non-hydrogen) atoms. The van der Waals surface area contributed by atoms with Crippen molar-refractivity contribution in [2.45, 2.75) is 497 Å². The Hall–Kier alpha value is -1.73. The van der Waals surface area contributed by atoms with Crippen molar-refractivity contribution in [1.82, 2.24) is 5.32 Å². The summed E-state index contributed by atoms with van der Waals surface area (Å²) in [4.78, 5) is 13.5. The van der Waals surface area contributed by atoms with E-state index in [1.54, 1.807) is 6.08 Å². The molecule has 19 heteroatoms. The van der Waals surface area contributed by atoms with Gasteiger partial charge < -0.3 is 89.9 Å². The van der Waals surface area contributed by atoms with Crippen LogP contribution in [-0.2, 0) is 33.2 Å². The van der Waals surface area contributed by atoms with Crippen LogP contribution >= 0.6 is 0 Å². The van der Waals surface area contributed by atoms with Crippen LogP contribution in [0.1, 0.15) is 393 Å². The summed E-state index contributed by atoms with van der Waals surface area (Å²) in [5, 5.41) is 121. The number of aliphatic hydroxyl groups excluding tert-OH is 11. The monoisotopic (exact) mass is 1510 g/mol. The van der Waals surface area contributed by atoms with Gasteiger partial charge in [-0.25, -0.2) is 0 Å². The van der Waals surface area contributed by atoms with Gasteiger partial charge in [0.25, 0.3) is 0 Å². The number of hydrogen-bond donors (Lipinski definition) is 12. The van der Waals surface area contributed by atoms with Gasteiger partial charge in [-0.05, 0) is 32.1 Å². The van der Waals surface area contributed by atoms with E-state index in [1.807, 2.05) is 6.08 Å². The summed E-state index contributed by atoms with van der Waals surface area (Å²) in [7, 11) is 0. The summed E-state index contributed by atoms with van der Waals surface area (Å²) in [6.07, 6.45) is 57.7. The Labute approximate surface area is 645 Å². The zero-order valence-corrected chi connectivity index (χ0v) is 67.4. The second-order valence-electron chi connectivity index (χ2n) is 32.1. The molecule has 17 atom stereocenters. The van der Waals surface area contributed by atoms with Gasteiger partial charge >= 0.3 is 0 Å². The van der Waals surface area contributed by atoms with Crippen LogP contribution in [0.2, 0.25) is 0 Å². The molecule has 0 aromatic rings. The average Bonchev–Trinajstić information content (AvgIpc) is 0.781. The van der Waals surface area contributed by atoms with Crippen molar-refractivity contribution in [3.63, 3.8) is 0 Å². The predicted molar refractivity (Wildman–Crippen MR) is 425 cm³/mol. The van der Waals surface area contributed by atoms with Crippen molar-refractivity contribution in [3.05, 3.63) is 24.3 Å². The third kappa shape index (κ3) is 46.4. The summed E-state index contributed by atoms with van der Waals surface area (Å²) < 4.78 is 34.5. The minimum absolute atomic E-state index is 0.241. The van der Waals surface area contributed by atoms with E-state index in [0.717, 1.165) is 38.5 Å². The molecule has 3 heterocycles. The molecule has 0 aromatic carbocycles. The molecule has 19 nitrogen and oxygen atoms in total. The molecule has 0 spiro atoms. The van der Waals surface area contributed by atoms with Crippen molar-refractivity contribution in [3.8, 4) is 0 Å². The first kappa shape index (κ1) is 98.5. The summed E-state index contributed by atoms with van der Waals surface area (Å²) in [6.45, 7) is 1.79. The van der Waals surface area contributed by atoms with Crippen molar-refractivity contribution in [2.24, 2.45) is 0 Å². The van der Waals surface area contributed by atoms with Crippen LogP contribution in [0.25, 0.3) is 0 Å². The third-order valence-corrected chi connectivity index (χ3v) is 22.5. The molecule has 0 bridgehead atoms. The third-order valence-electron chi connectivity index (χ3n) is 22.5. The van der Waals surface area contributed by atoms with Crippen molar-refractivity contribution in [1.29, 1.82) is 0 Å². The van der Waals surface area contributed by atoms with Crippen LogP contribution in [0.15, 0.2) is 24.3 Å². The Morgan fingerprint density at radius 3 is 0.943 bits per heavy atom. The second-order valence-corrected chi connectivity index (χ2v) is 32.1. The molecule has 626 valence electrons. The number of carbonyl (C=O) groups is 1. The van der Waals surface area contributed by atoms with Crippen molar-refractivity contribution < 1.29 is 89.4 Å². The maximum atomic E-state index is 13.5. The number of amides is 1. The lowest BCUT2D eigenvalue weighted by atomic mass is 9.96. The van der Waals surface area contributed by atoms with Crippen molar-refractivity contribution >= 4 is 5.91 Å². The molecule has 1 amide bonds. The van der Waals surface area contributed by atoms with E-state index >= 15 is 0 Å². The highest BCUT2D eigenvalue weighted by Crippen LogP contribution is 2.34. The highest BCUT2D eigenvalue weighted by atomic mass is 16.8. The molecule has 0 aromatic heterocycles. The smallest absolute Gasteiger partial charge is 0.220 e. The molecule has 12 N–H and O–H groups in total. The number of unbranched alkanes of at least 4 members (excludes halogenated alkanes) is 55. The van der Waals surface area contributed by atoms with E-state index < -0.39 is 124 Å². The first-order chi connectivity index (χ1) is 51.8. The maximum absolute atomic E-state index is 13.5. The Morgan fingerprint density at radius 1 is 0.330 bits per heavy atom. The number of hydrogen-bond acceptors (Lipinski definition) is 18. The van der Waals surface area contributed by atoms with Gasteiger partial charge in [-0.15, -0.1) is 0 Å². The fourth-order valence-electron chi connectivity index (χ4n) is 15.4. The average molecular weight is 1510 g/mol. The number of ether oxygens (including phenoxy) is 6. The lowest BCUT2D eigenvalue weighted by molar-refractivity contribution is -0.379. The van der Waals surface area contributed by atoms with Crippen LogP contribution in [-0.4, -0.2) is 193 Å². The van der Waals surface area contributed by atoms with Gasteiger partial charge in [0.15, 0.2) is 18.9 Å². The molecule has 17 unspecified atom stereocenters. The highest BCUT2D eigenvalue weighted by Gasteiger charge is 2.54. The first-order valence-corrected chi connectivity index (χ1v) is 44.6. The van der Waals surface area contributed by atoms with Gasteiger partial charge in [0.05, 0.1) is 38.6 Å². The topological polar surface area (TPSA) is 307 Å². The van der Waals surface area contributed by atoms with Gasteiger partial charge in [0, 0.05) is 6.42 Å². The van der Waals surface area contributed by atoms with Crippen LogP contribution in [0.3, 0.4) is 0 Å². The molecule has 3 fully saturated rings. The number of rotatable bonds is 73. The molecule has 0 saturated carbocycles. The van der Waals surface area contributed by atoms with Crippen molar-refractivity contribution in [2.75, 3.05) is 26.4 Å². The fraction of sp³-hybridized carbons (Fsp3) is 0.943. The van der Waals surface area contributed by atoms with E-state index in [-0.39, 0.29) is 18.9 Å². The number of aliphatic hydroxyl groups is 11. The van der Waals surface area contributed by atoms with E-state index in [9.17, 15) is 61.0 Å². The molecule has 0 aliphatic carbocycles. The summed E-state index contributed by atoms with van der Waals surface area (Å²) in [6, 6.07) is -0.989. The lowest BCUT2D eigenvalue weighted by Gasteiger charge is -2.48.